The number of carboxylic acid groups (broad SMARTS) is 1. The predicted molar refractivity (Wildman–Crippen MR) is 99.1 cm³/mol. The average Bonchev–Trinajstić information content (AvgIpc) is 2.42. The number of nitrogens with one attached hydrogen (secondary N) is 1. The van der Waals surface area contributed by atoms with Crippen molar-refractivity contribution in [1.82, 2.24) is 15.1 Å². The lowest BCUT2D eigenvalue weighted by atomic mass is 10.1. The number of ether oxygens (including phenoxy) is 1. The summed E-state index contributed by atoms with van der Waals surface area (Å²) in [4.78, 5) is 25.2. The number of amides is 2. The third-order valence-corrected chi connectivity index (χ3v) is 4.05. The van der Waals surface area contributed by atoms with Crippen LogP contribution in [-0.4, -0.2) is 64.9 Å². The van der Waals surface area contributed by atoms with Crippen LogP contribution in [0, 0.1) is 0 Å². The van der Waals surface area contributed by atoms with Gasteiger partial charge in [-0.2, -0.15) is 0 Å². The monoisotopic (exact) mass is 363 g/mol. The zero-order chi connectivity index (χ0) is 19.2. The molecule has 0 spiro atoms. The summed E-state index contributed by atoms with van der Waals surface area (Å²) >= 11 is 0. The highest BCUT2D eigenvalue weighted by Gasteiger charge is 2.29. The van der Waals surface area contributed by atoms with Crippen LogP contribution >= 0.6 is 0 Å². The summed E-state index contributed by atoms with van der Waals surface area (Å²) in [6, 6.07) is 10.6. The Bertz CT molecular complexity index is 591. The Labute approximate surface area is 154 Å². The SMILES string of the molecule is CC(C)(C)OC(=O)NC1CN(Cc2ccccc2)C1.O=C(O)N1CCC1. The molecule has 1 aromatic rings. The minimum atomic E-state index is -0.786. The van der Waals surface area contributed by atoms with Gasteiger partial charge >= 0.3 is 12.2 Å². The van der Waals surface area contributed by atoms with Gasteiger partial charge in [0.05, 0.1) is 6.04 Å². The van der Waals surface area contributed by atoms with E-state index in [-0.39, 0.29) is 12.1 Å². The molecule has 0 bridgehead atoms. The number of alkyl carbamates (subject to hydrolysis) is 1. The molecule has 2 heterocycles. The minimum absolute atomic E-state index is 0.207. The molecule has 0 aromatic heterocycles. The maximum absolute atomic E-state index is 11.6. The number of carbonyl (C=O) groups is 2. The Morgan fingerprint density at radius 2 is 1.81 bits per heavy atom. The molecule has 2 N–H and O–H groups in total. The van der Waals surface area contributed by atoms with E-state index in [1.165, 1.54) is 10.5 Å². The first-order valence-electron chi connectivity index (χ1n) is 8.96. The van der Waals surface area contributed by atoms with E-state index in [2.05, 4.69) is 22.3 Å². The third-order valence-electron chi connectivity index (χ3n) is 4.05. The van der Waals surface area contributed by atoms with Crippen LogP contribution in [0.25, 0.3) is 0 Å². The topological polar surface area (TPSA) is 82.1 Å². The van der Waals surface area contributed by atoms with E-state index in [0.717, 1.165) is 39.1 Å². The Morgan fingerprint density at radius 3 is 2.23 bits per heavy atom. The molecule has 0 aliphatic carbocycles. The van der Waals surface area contributed by atoms with Gasteiger partial charge in [-0.1, -0.05) is 30.3 Å². The van der Waals surface area contributed by atoms with Crippen LogP contribution in [0.1, 0.15) is 32.8 Å². The Kier molecular flexibility index (Phi) is 6.85. The van der Waals surface area contributed by atoms with Crippen molar-refractivity contribution >= 4 is 12.2 Å². The highest BCUT2D eigenvalue weighted by molar-refractivity contribution is 5.68. The molecular formula is C19H29N3O4. The second-order valence-electron chi connectivity index (χ2n) is 7.65. The molecule has 0 atom stereocenters. The lowest BCUT2D eigenvalue weighted by molar-refractivity contribution is 0.0392. The molecule has 2 aliphatic rings. The van der Waals surface area contributed by atoms with Gasteiger partial charge in [0.15, 0.2) is 0 Å². The number of hydrogen-bond donors (Lipinski definition) is 2. The van der Waals surface area contributed by atoms with Crippen molar-refractivity contribution in [3.05, 3.63) is 35.9 Å². The molecule has 0 saturated carbocycles. The fourth-order valence-corrected chi connectivity index (χ4v) is 2.61. The normalized spacial score (nSPS) is 17.3. The Morgan fingerprint density at radius 1 is 1.19 bits per heavy atom. The minimum Gasteiger partial charge on any atom is -0.465 e. The second kappa shape index (κ2) is 8.89. The van der Waals surface area contributed by atoms with Crippen LogP contribution in [0.15, 0.2) is 30.3 Å². The van der Waals surface area contributed by atoms with Crippen molar-refractivity contribution in [3.8, 4) is 0 Å². The molecule has 3 rings (SSSR count). The van der Waals surface area contributed by atoms with Gasteiger partial charge < -0.3 is 20.1 Å². The molecule has 2 aliphatic heterocycles. The standard InChI is InChI=1S/C15H22N2O2.C4H7NO2/c1-15(2,3)19-14(18)16-13-10-17(11-13)9-12-7-5-4-6-8-12;6-4(7)5-2-1-3-5/h4-8,13H,9-11H2,1-3H3,(H,16,18);1-3H2,(H,6,7). The number of nitrogens with zero attached hydrogens (tertiary/aromatic N) is 2. The van der Waals surface area contributed by atoms with E-state index in [9.17, 15) is 9.59 Å². The quantitative estimate of drug-likeness (QED) is 0.863. The van der Waals surface area contributed by atoms with Crippen LogP contribution in [0.4, 0.5) is 9.59 Å². The summed E-state index contributed by atoms with van der Waals surface area (Å²) in [5.41, 5.74) is 0.871. The van der Waals surface area contributed by atoms with Crippen molar-refractivity contribution in [3.63, 3.8) is 0 Å². The first-order chi connectivity index (χ1) is 12.2. The van der Waals surface area contributed by atoms with E-state index in [0.29, 0.717) is 0 Å². The van der Waals surface area contributed by atoms with Gasteiger partial charge in [0, 0.05) is 32.7 Å². The molecule has 7 nitrogen and oxygen atoms in total. The first kappa shape index (κ1) is 20.0. The van der Waals surface area contributed by atoms with E-state index < -0.39 is 11.7 Å². The third kappa shape index (κ3) is 6.92. The zero-order valence-electron chi connectivity index (χ0n) is 15.8. The van der Waals surface area contributed by atoms with Gasteiger partial charge in [-0.25, -0.2) is 9.59 Å². The molecule has 2 amide bonds. The van der Waals surface area contributed by atoms with Gasteiger partial charge in [-0.3, -0.25) is 4.90 Å². The zero-order valence-corrected chi connectivity index (χ0v) is 15.8. The lowest BCUT2D eigenvalue weighted by Crippen LogP contribution is -2.59. The van der Waals surface area contributed by atoms with Crippen LogP contribution in [0.2, 0.25) is 0 Å². The second-order valence-corrected chi connectivity index (χ2v) is 7.65. The molecule has 26 heavy (non-hydrogen) atoms. The van der Waals surface area contributed by atoms with E-state index >= 15 is 0 Å². The van der Waals surface area contributed by atoms with Crippen molar-refractivity contribution < 1.29 is 19.4 Å². The van der Waals surface area contributed by atoms with Crippen LogP contribution in [0.5, 0.6) is 0 Å². The highest BCUT2D eigenvalue weighted by Crippen LogP contribution is 2.14. The number of hydrogen-bond acceptors (Lipinski definition) is 4. The Hall–Kier alpha value is -2.28. The van der Waals surface area contributed by atoms with Gasteiger partial charge in [-0.05, 0) is 32.8 Å². The number of carbonyl (C=O) groups excluding carboxylic acids is 1. The summed E-state index contributed by atoms with van der Waals surface area (Å²) in [6.07, 6.45) is -0.0742. The largest absolute Gasteiger partial charge is 0.465 e. The molecule has 2 fully saturated rings. The van der Waals surface area contributed by atoms with Gasteiger partial charge in [0.25, 0.3) is 0 Å². The van der Waals surface area contributed by atoms with Gasteiger partial charge in [0.1, 0.15) is 5.60 Å². The molecular weight excluding hydrogens is 334 g/mol. The van der Waals surface area contributed by atoms with Crippen LogP contribution in [0.3, 0.4) is 0 Å². The molecule has 144 valence electrons. The molecule has 1 aromatic carbocycles. The fourth-order valence-electron chi connectivity index (χ4n) is 2.61. The number of likely N-dealkylation sites (tertiary alicyclic amines) is 2. The molecule has 2 saturated heterocycles. The van der Waals surface area contributed by atoms with Crippen LogP contribution in [-0.2, 0) is 11.3 Å². The summed E-state index contributed by atoms with van der Waals surface area (Å²) < 4.78 is 5.23. The van der Waals surface area contributed by atoms with Crippen LogP contribution < -0.4 is 5.32 Å². The molecule has 0 unspecified atom stereocenters. The maximum Gasteiger partial charge on any atom is 0.407 e. The summed E-state index contributed by atoms with van der Waals surface area (Å²) in [7, 11) is 0. The van der Waals surface area contributed by atoms with Crippen molar-refractivity contribution in [1.29, 1.82) is 0 Å². The van der Waals surface area contributed by atoms with E-state index in [1.54, 1.807) is 0 Å². The highest BCUT2D eigenvalue weighted by atomic mass is 16.6. The van der Waals surface area contributed by atoms with Gasteiger partial charge in [0.2, 0.25) is 0 Å². The maximum atomic E-state index is 11.6. The average molecular weight is 363 g/mol. The van der Waals surface area contributed by atoms with Crippen molar-refractivity contribution in [2.24, 2.45) is 0 Å². The van der Waals surface area contributed by atoms with E-state index in [4.69, 9.17) is 9.84 Å². The summed E-state index contributed by atoms with van der Waals surface area (Å²) in [5.74, 6) is 0. The summed E-state index contributed by atoms with van der Waals surface area (Å²) in [5, 5.41) is 11.0. The van der Waals surface area contributed by atoms with Crippen molar-refractivity contribution in [2.45, 2.75) is 45.4 Å². The number of rotatable bonds is 3. The Balaban J connectivity index is 0.000000290. The smallest absolute Gasteiger partial charge is 0.407 e. The number of benzene rings is 1. The summed E-state index contributed by atoms with van der Waals surface area (Å²) in [6.45, 7) is 9.78. The lowest BCUT2D eigenvalue weighted by Gasteiger charge is -2.39. The molecule has 0 radical (unpaired) electrons. The van der Waals surface area contributed by atoms with Gasteiger partial charge in [-0.15, -0.1) is 0 Å². The van der Waals surface area contributed by atoms with E-state index in [1.807, 2.05) is 39.0 Å². The molecule has 7 heteroatoms. The fraction of sp³-hybridized carbons (Fsp3) is 0.579. The predicted octanol–water partition coefficient (Wildman–Crippen LogP) is 2.77. The van der Waals surface area contributed by atoms with Crippen molar-refractivity contribution in [2.75, 3.05) is 26.2 Å². The first-order valence-corrected chi connectivity index (χ1v) is 8.96.